The van der Waals surface area contributed by atoms with Gasteiger partial charge in [-0.1, -0.05) is 26.0 Å². The highest BCUT2D eigenvalue weighted by atomic mass is 16.4. The molecule has 4 nitrogen and oxygen atoms in total. The summed E-state index contributed by atoms with van der Waals surface area (Å²) in [4.78, 5) is 24.8. The van der Waals surface area contributed by atoms with Crippen LogP contribution in [0.1, 0.15) is 56.0 Å². The van der Waals surface area contributed by atoms with E-state index in [2.05, 4.69) is 13.8 Å². The van der Waals surface area contributed by atoms with E-state index in [1.807, 2.05) is 31.2 Å². The minimum Gasteiger partial charge on any atom is -0.481 e. The first-order valence-corrected chi connectivity index (χ1v) is 6.99. The molecular formula is C16H23NO3. The first kappa shape index (κ1) is 16.2. The van der Waals surface area contributed by atoms with Gasteiger partial charge in [0.2, 0.25) is 0 Å². The SMILES string of the molecule is CCN(C(=O)c1ccc(C(C)C)cc1)C(C)CC(=O)O. The number of aliphatic carboxylic acids is 1. The molecule has 1 N–H and O–H groups in total. The van der Waals surface area contributed by atoms with E-state index in [0.717, 1.165) is 0 Å². The van der Waals surface area contributed by atoms with E-state index in [4.69, 9.17) is 5.11 Å². The maximum atomic E-state index is 12.4. The van der Waals surface area contributed by atoms with Crippen LogP contribution >= 0.6 is 0 Å². The molecule has 0 aliphatic heterocycles. The molecule has 0 saturated heterocycles. The lowest BCUT2D eigenvalue weighted by atomic mass is 10.0. The molecule has 0 aliphatic rings. The summed E-state index contributed by atoms with van der Waals surface area (Å²) < 4.78 is 0. The number of carboxylic acids is 1. The molecule has 0 radical (unpaired) electrons. The van der Waals surface area contributed by atoms with Crippen LogP contribution in [0.25, 0.3) is 0 Å². The molecule has 0 aliphatic carbocycles. The van der Waals surface area contributed by atoms with Crippen LogP contribution in [-0.2, 0) is 4.79 Å². The van der Waals surface area contributed by atoms with Crippen molar-refractivity contribution < 1.29 is 14.7 Å². The van der Waals surface area contributed by atoms with Crippen molar-refractivity contribution >= 4 is 11.9 Å². The molecule has 1 aromatic rings. The van der Waals surface area contributed by atoms with Gasteiger partial charge in [0, 0.05) is 18.2 Å². The van der Waals surface area contributed by atoms with Crippen molar-refractivity contribution in [1.82, 2.24) is 4.90 Å². The van der Waals surface area contributed by atoms with Gasteiger partial charge in [-0.3, -0.25) is 9.59 Å². The molecule has 0 bridgehead atoms. The van der Waals surface area contributed by atoms with Gasteiger partial charge in [0.15, 0.2) is 0 Å². The van der Waals surface area contributed by atoms with E-state index in [1.54, 1.807) is 11.8 Å². The van der Waals surface area contributed by atoms with Gasteiger partial charge in [0.25, 0.3) is 5.91 Å². The van der Waals surface area contributed by atoms with Crippen molar-refractivity contribution in [2.24, 2.45) is 0 Å². The fraction of sp³-hybridized carbons (Fsp3) is 0.500. The zero-order valence-corrected chi connectivity index (χ0v) is 12.6. The zero-order chi connectivity index (χ0) is 15.3. The normalized spacial score (nSPS) is 12.2. The summed E-state index contributed by atoms with van der Waals surface area (Å²) in [5.74, 6) is -0.581. The van der Waals surface area contributed by atoms with Gasteiger partial charge in [-0.05, 0) is 37.5 Å². The monoisotopic (exact) mass is 277 g/mol. The number of carbonyl (C=O) groups excluding carboxylic acids is 1. The Balaban J connectivity index is 2.87. The summed E-state index contributed by atoms with van der Waals surface area (Å²) in [6.45, 7) is 8.32. The minimum absolute atomic E-state index is 0.0380. The predicted molar refractivity (Wildman–Crippen MR) is 79.0 cm³/mol. The molecule has 110 valence electrons. The Bertz CT molecular complexity index is 465. The molecule has 1 rings (SSSR count). The summed E-state index contributed by atoms with van der Waals surface area (Å²) in [7, 11) is 0. The average Bonchev–Trinajstić information content (AvgIpc) is 2.38. The van der Waals surface area contributed by atoms with Crippen LogP contribution in [0.4, 0.5) is 0 Å². The number of carboxylic acid groups (broad SMARTS) is 1. The highest BCUT2D eigenvalue weighted by Crippen LogP contribution is 2.17. The van der Waals surface area contributed by atoms with E-state index in [-0.39, 0.29) is 18.4 Å². The van der Waals surface area contributed by atoms with E-state index < -0.39 is 5.97 Å². The second-order valence-electron chi connectivity index (χ2n) is 5.31. The fourth-order valence-corrected chi connectivity index (χ4v) is 2.19. The number of hydrogen-bond donors (Lipinski definition) is 1. The van der Waals surface area contributed by atoms with E-state index >= 15 is 0 Å². The zero-order valence-electron chi connectivity index (χ0n) is 12.6. The fourth-order valence-electron chi connectivity index (χ4n) is 2.19. The Morgan fingerprint density at radius 1 is 1.15 bits per heavy atom. The van der Waals surface area contributed by atoms with Gasteiger partial charge < -0.3 is 10.0 Å². The third-order valence-electron chi connectivity index (χ3n) is 3.43. The lowest BCUT2D eigenvalue weighted by Crippen LogP contribution is -2.39. The highest BCUT2D eigenvalue weighted by molar-refractivity contribution is 5.94. The van der Waals surface area contributed by atoms with Gasteiger partial charge in [0.1, 0.15) is 0 Å². The second-order valence-corrected chi connectivity index (χ2v) is 5.31. The minimum atomic E-state index is -0.890. The summed E-state index contributed by atoms with van der Waals surface area (Å²) in [6, 6.07) is 7.22. The molecule has 0 spiro atoms. The van der Waals surface area contributed by atoms with Crippen LogP contribution in [0, 0.1) is 0 Å². The first-order chi connectivity index (χ1) is 9.36. The van der Waals surface area contributed by atoms with Crippen molar-refractivity contribution in [2.45, 2.75) is 46.1 Å². The van der Waals surface area contributed by atoms with Crippen LogP contribution in [0.3, 0.4) is 0 Å². The molecule has 1 unspecified atom stereocenters. The van der Waals surface area contributed by atoms with Crippen LogP contribution in [0.15, 0.2) is 24.3 Å². The number of rotatable bonds is 6. The molecule has 0 aromatic heterocycles. The Labute approximate surface area is 120 Å². The molecule has 1 aromatic carbocycles. The Morgan fingerprint density at radius 3 is 2.10 bits per heavy atom. The van der Waals surface area contributed by atoms with Gasteiger partial charge in [0.05, 0.1) is 6.42 Å². The molecule has 20 heavy (non-hydrogen) atoms. The number of nitrogens with zero attached hydrogens (tertiary/aromatic N) is 1. The van der Waals surface area contributed by atoms with Crippen LogP contribution in [-0.4, -0.2) is 34.5 Å². The average molecular weight is 277 g/mol. The molecule has 1 amide bonds. The Hall–Kier alpha value is -1.84. The Morgan fingerprint density at radius 2 is 1.70 bits per heavy atom. The van der Waals surface area contributed by atoms with Crippen LogP contribution < -0.4 is 0 Å². The van der Waals surface area contributed by atoms with Gasteiger partial charge in [-0.2, -0.15) is 0 Å². The number of benzene rings is 1. The maximum Gasteiger partial charge on any atom is 0.305 e. The lowest BCUT2D eigenvalue weighted by molar-refractivity contribution is -0.138. The van der Waals surface area contributed by atoms with Crippen molar-refractivity contribution in [3.05, 3.63) is 35.4 Å². The summed E-state index contributed by atoms with van der Waals surface area (Å²) in [5.41, 5.74) is 1.79. The first-order valence-electron chi connectivity index (χ1n) is 6.99. The van der Waals surface area contributed by atoms with Crippen molar-refractivity contribution in [1.29, 1.82) is 0 Å². The molecule has 4 heteroatoms. The lowest BCUT2D eigenvalue weighted by Gasteiger charge is -2.27. The summed E-state index contributed by atoms with van der Waals surface area (Å²) in [5, 5.41) is 8.84. The standard InChI is InChI=1S/C16H23NO3/c1-5-17(12(4)10-15(18)19)16(20)14-8-6-13(7-9-14)11(2)3/h6-9,11-12H,5,10H2,1-4H3,(H,18,19). The third-order valence-corrected chi connectivity index (χ3v) is 3.43. The summed E-state index contributed by atoms with van der Waals surface area (Å²) >= 11 is 0. The highest BCUT2D eigenvalue weighted by Gasteiger charge is 2.21. The third kappa shape index (κ3) is 4.08. The van der Waals surface area contributed by atoms with E-state index in [1.165, 1.54) is 5.56 Å². The largest absolute Gasteiger partial charge is 0.481 e. The number of carbonyl (C=O) groups is 2. The smallest absolute Gasteiger partial charge is 0.305 e. The van der Waals surface area contributed by atoms with E-state index in [0.29, 0.717) is 18.0 Å². The van der Waals surface area contributed by atoms with Gasteiger partial charge in [-0.15, -0.1) is 0 Å². The number of hydrogen-bond acceptors (Lipinski definition) is 2. The second kappa shape index (κ2) is 7.08. The van der Waals surface area contributed by atoms with Crippen molar-refractivity contribution in [2.75, 3.05) is 6.54 Å². The molecule has 0 fully saturated rings. The summed E-state index contributed by atoms with van der Waals surface area (Å²) in [6.07, 6.45) is -0.0380. The molecular weight excluding hydrogens is 254 g/mol. The molecule has 0 heterocycles. The van der Waals surface area contributed by atoms with Crippen LogP contribution in [0.2, 0.25) is 0 Å². The van der Waals surface area contributed by atoms with Gasteiger partial charge >= 0.3 is 5.97 Å². The predicted octanol–water partition coefficient (Wildman–Crippen LogP) is 3.14. The molecule has 1 atom stereocenters. The number of amides is 1. The Kier molecular flexibility index (Phi) is 5.74. The molecule has 0 saturated carbocycles. The quantitative estimate of drug-likeness (QED) is 0.869. The van der Waals surface area contributed by atoms with Crippen molar-refractivity contribution in [3.8, 4) is 0 Å². The van der Waals surface area contributed by atoms with Crippen molar-refractivity contribution in [3.63, 3.8) is 0 Å². The van der Waals surface area contributed by atoms with Gasteiger partial charge in [-0.25, -0.2) is 0 Å². The maximum absolute atomic E-state index is 12.4. The van der Waals surface area contributed by atoms with E-state index in [9.17, 15) is 9.59 Å². The topological polar surface area (TPSA) is 57.6 Å². The van der Waals surface area contributed by atoms with Crippen LogP contribution in [0.5, 0.6) is 0 Å².